The molecule has 1 aliphatic carbocycles. The van der Waals surface area contributed by atoms with Crippen LogP contribution in [0.4, 0.5) is 0 Å². The van der Waals surface area contributed by atoms with Crippen LogP contribution in [-0.4, -0.2) is 12.6 Å². The highest BCUT2D eigenvalue weighted by molar-refractivity contribution is 9.08. The van der Waals surface area contributed by atoms with Gasteiger partial charge in [0.05, 0.1) is 6.61 Å². The number of halogens is 1. The van der Waals surface area contributed by atoms with Gasteiger partial charge in [0, 0.05) is 11.8 Å². The van der Waals surface area contributed by atoms with Gasteiger partial charge >= 0.3 is 5.97 Å². The van der Waals surface area contributed by atoms with Crippen molar-refractivity contribution in [3.05, 3.63) is 35.4 Å². The van der Waals surface area contributed by atoms with Crippen molar-refractivity contribution in [2.45, 2.75) is 50.3 Å². The summed E-state index contributed by atoms with van der Waals surface area (Å²) in [5, 5.41) is 0.916. The minimum Gasteiger partial charge on any atom is -0.466 e. The lowest BCUT2D eigenvalue weighted by Crippen LogP contribution is -2.17. The zero-order valence-electron chi connectivity index (χ0n) is 12.1. The summed E-state index contributed by atoms with van der Waals surface area (Å²) in [6.07, 6.45) is 5.27. The molecule has 2 nitrogen and oxygen atoms in total. The normalized spacial score (nSPS) is 22.5. The molecule has 0 aromatic heterocycles. The average Bonchev–Trinajstić information content (AvgIpc) is 2.48. The highest BCUT2D eigenvalue weighted by Crippen LogP contribution is 2.37. The Morgan fingerprint density at radius 2 is 1.85 bits per heavy atom. The van der Waals surface area contributed by atoms with Gasteiger partial charge in [0.25, 0.3) is 0 Å². The van der Waals surface area contributed by atoms with Crippen LogP contribution < -0.4 is 0 Å². The van der Waals surface area contributed by atoms with Crippen molar-refractivity contribution < 1.29 is 9.53 Å². The van der Waals surface area contributed by atoms with Gasteiger partial charge in [-0.1, -0.05) is 40.2 Å². The van der Waals surface area contributed by atoms with Gasteiger partial charge in [0.15, 0.2) is 0 Å². The van der Waals surface area contributed by atoms with E-state index < -0.39 is 0 Å². The van der Waals surface area contributed by atoms with Crippen molar-refractivity contribution in [1.82, 2.24) is 0 Å². The SMILES string of the molecule is CCOC(=O)CC1CCC(c2ccc(CBr)cc2)CC1. The van der Waals surface area contributed by atoms with E-state index in [4.69, 9.17) is 4.74 Å². The van der Waals surface area contributed by atoms with Crippen molar-refractivity contribution in [1.29, 1.82) is 0 Å². The van der Waals surface area contributed by atoms with E-state index in [1.807, 2.05) is 6.92 Å². The molecule has 0 heterocycles. The third-order valence-electron chi connectivity index (χ3n) is 4.21. The Kier molecular flexibility index (Phi) is 6.08. The second-order valence-electron chi connectivity index (χ2n) is 5.60. The molecule has 1 aromatic rings. The van der Waals surface area contributed by atoms with Crippen molar-refractivity contribution in [3.63, 3.8) is 0 Å². The zero-order valence-corrected chi connectivity index (χ0v) is 13.7. The van der Waals surface area contributed by atoms with Gasteiger partial charge in [-0.2, -0.15) is 0 Å². The summed E-state index contributed by atoms with van der Waals surface area (Å²) in [4.78, 5) is 11.5. The lowest BCUT2D eigenvalue weighted by molar-refractivity contribution is -0.144. The molecule has 1 aromatic carbocycles. The van der Waals surface area contributed by atoms with Crippen molar-refractivity contribution in [2.75, 3.05) is 6.61 Å². The number of carbonyl (C=O) groups excluding carboxylic acids is 1. The Morgan fingerprint density at radius 1 is 1.20 bits per heavy atom. The summed E-state index contributed by atoms with van der Waals surface area (Å²) in [6.45, 7) is 2.36. The summed E-state index contributed by atoms with van der Waals surface area (Å²) in [5.41, 5.74) is 2.77. The maximum atomic E-state index is 11.5. The number of hydrogen-bond acceptors (Lipinski definition) is 2. The van der Waals surface area contributed by atoms with E-state index >= 15 is 0 Å². The van der Waals surface area contributed by atoms with Gasteiger partial charge in [0.1, 0.15) is 0 Å². The predicted octanol–water partition coefficient (Wildman–Crippen LogP) is 4.81. The lowest BCUT2D eigenvalue weighted by Gasteiger charge is -2.28. The lowest BCUT2D eigenvalue weighted by atomic mass is 9.77. The summed E-state index contributed by atoms with van der Waals surface area (Å²) in [6, 6.07) is 8.92. The van der Waals surface area contributed by atoms with Gasteiger partial charge in [-0.3, -0.25) is 4.79 Å². The van der Waals surface area contributed by atoms with E-state index in [2.05, 4.69) is 40.2 Å². The number of hydrogen-bond donors (Lipinski definition) is 0. The second kappa shape index (κ2) is 7.82. The maximum Gasteiger partial charge on any atom is 0.306 e. The standard InChI is InChI=1S/C17H23BrO2/c1-2-20-17(19)11-13-3-7-15(8-4-13)16-9-5-14(12-18)6-10-16/h5-6,9-10,13,15H,2-4,7-8,11-12H2,1H3. The molecule has 0 radical (unpaired) electrons. The molecule has 0 aliphatic heterocycles. The fourth-order valence-corrected chi connectivity index (χ4v) is 3.41. The number of carbonyl (C=O) groups is 1. The molecule has 20 heavy (non-hydrogen) atoms. The molecule has 1 aliphatic rings. The van der Waals surface area contributed by atoms with E-state index in [1.54, 1.807) is 0 Å². The zero-order chi connectivity index (χ0) is 14.4. The Hall–Kier alpha value is -0.830. The smallest absolute Gasteiger partial charge is 0.306 e. The Morgan fingerprint density at radius 3 is 2.40 bits per heavy atom. The van der Waals surface area contributed by atoms with Gasteiger partial charge in [-0.05, 0) is 55.6 Å². The third kappa shape index (κ3) is 4.34. The number of ether oxygens (including phenoxy) is 1. The van der Waals surface area contributed by atoms with Crippen LogP contribution in [0.2, 0.25) is 0 Å². The van der Waals surface area contributed by atoms with E-state index in [9.17, 15) is 4.79 Å². The van der Waals surface area contributed by atoms with E-state index in [-0.39, 0.29) is 5.97 Å². The number of alkyl halides is 1. The molecule has 110 valence electrons. The van der Waals surface area contributed by atoms with Crippen molar-refractivity contribution >= 4 is 21.9 Å². The largest absolute Gasteiger partial charge is 0.466 e. The third-order valence-corrected chi connectivity index (χ3v) is 4.86. The van der Waals surface area contributed by atoms with Crippen LogP contribution in [0.3, 0.4) is 0 Å². The fourth-order valence-electron chi connectivity index (χ4n) is 3.03. The van der Waals surface area contributed by atoms with Crippen LogP contribution in [0.1, 0.15) is 56.1 Å². The van der Waals surface area contributed by atoms with Gasteiger partial charge in [-0.25, -0.2) is 0 Å². The molecule has 0 spiro atoms. The monoisotopic (exact) mass is 338 g/mol. The first-order valence-corrected chi connectivity index (χ1v) is 8.65. The van der Waals surface area contributed by atoms with Crippen molar-refractivity contribution in [3.8, 4) is 0 Å². The van der Waals surface area contributed by atoms with Gasteiger partial charge < -0.3 is 4.74 Å². The second-order valence-corrected chi connectivity index (χ2v) is 6.16. The van der Waals surface area contributed by atoms with Crippen LogP contribution in [0.5, 0.6) is 0 Å². The van der Waals surface area contributed by atoms with Gasteiger partial charge in [-0.15, -0.1) is 0 Å². The average molecular weight is 339 g/mol. The topological polar surface area (TPSA) is 26.3 Å². The Labute approximate surface area is 130 Å². The maximum absolute atomic E-state index is 11.5. The minimum absolute atomic E-state index is 0.0300. The van der Waals surface area contributed by atoms with Crippen LogP contribution in [0, 0.1) is 5.92 Å². The summed E-state index contributed by atoms with van der Waals surface area (Å²) < 4.78 is 5.04. The molecule has 3 heteroatoms. The summed E-state index contributed by atoms with van der Waals surface area (Å²) in [7, 11) is 0. The first-order chi connectivity index (χ1) is 9.72. The quantitative estimate of drug-likeness (QED) is 0.568. The molecular formula is C17H23BrO2. The molecule has 2 rings (SSSR count). The molecule has 0 unspecified atom stereocenters. The molecule has 1 fully saturated rings. The Balaban J connectivity index is 1.82. The fraction of sp³-hybridized carbons (Fsp3) is 0.588. The number of rotatable bonds is 5. The first-order valence-electron chi connectivity index (χ1n) is 7.53. The predicted molar refractivity (Wildman–Crippen MR) is 85.0 cm³/mol. The Bertz CT molecular complexity index is 419. The van der Waals surface area contributed by atoms with E-state index in [0.29, 0.717) is 24.9 Å². The molecule has 0 saturated heterocycles. The molecule has 0 bridgehead atoms. The number of esters is 1. The van der Waals surface area contributed by atoms with Crippen LogP contribution in [-0.2, 0) is 14.9 Å². The van der Waals surface area contributed by atoms with Crippen LogP contribution >= 0.6 is 15.9 Å². The summed E-state index contributed by atoms with van der Waals surface area (Å²) >= 11 is 3.48. The molecule has 0 amide bonds. The number of benzene rings is 1. The first kappa shape index (κ1) is 15.6. The van der Waals surface area contributed by atoms with Crippen molar-refractivity contribution in [2.24, 2.45) is 5.92 Å². The highest BCUT2D eigenvalue weighted by atomic mass is 79.9. The van der Waals surface area contributed by atoms with E-state index in [1.165, 1.54) is 24.0 Å². The van der Waals surface area contributed by atoms with Gasteiger partial charge in [0.2, 0.25) is 0 Å². The van der Waals surface area contributed by atoms with Crippen LogP contribution in [0.15, 0.2) is 24.3 Å². The molecular weight excluding hydrogens is 316 g/mol. The molecule has 0 N–H and O–H groups in total. The van der Waals surface area contributed by atoms with Crippen LogP contribution in [0.25, 0.3) is 0 Å². The molecule has 0 atom stereocenters. The molecule has 1 saturated carbocycles. The highest BCUT2D eigenvalue weighted by Gasteiger charge is 2.24. The summed E-state index contributed by atoms with van der Waals surface area (Å²) in [5.74, 6) is 1.16. The van der Waals surface area contributed by atoms with E-state index in [0.717, 1.165) is 18.2 Å². The minimum atomic E-state index is -0.0300.